The Bertz CT molecular complexity index is 390. The Balaban J connectivity index is 1.92. The number of hydrogen-bond acceptors (Lipinski definition) is 3. The SMILES string of the molecule is CC(C)(CO)CNCC1OCCc2ccccc21. The molecule has 0 saturated heterocycles. The van der Waals surface area contributed by atoms with Crippen LogP contribution in [0.5, 0.6) is 0 Å². The van der Waals surface area contributed by atoms with Gasteiger partial charge < -0.3 is 15.2 Å². The fraction of sp³-hybridized carbons (Fsp3) is 0.600. The van der Waals surface area contributed by atoms with Crippen molar-refractivity contribution in [3.8, 4) is 0 Å². The molecule has 2 N–H and O–H groups in total. The van der Waals surface area contributed by atoms with Crippen molar-refractivity contribution in [1.29, 1.82) is 0 Å². The standard InChI is InChI=1S/C15H23NO2/c1-15(2,11-17)10-16-9-14-13-6-4-3-5-12(13)7-8-18-14/h3-6,14,16-17H,7-11H2,1-2H3. The van der Waals surface area contributed by atoms with Gasteiger partial charge in [0.2, 0.25) is 0 Å². The van der Waals surface area contributed by atoms with E-state index < -0.39 is 0 Å². The number of aliphatic hydroxyl groups excluding tert-OH is 1. The van der Waals surface area contributed by atoms with E-state index in [-0.39, 0.29) is 18.1 Å². The van der Waals surface area contributed by atoms with Crippen LogP contribution in [0.15, 0.2) is 24.3 Å². The first-order chi connectivity index (χ1) is 8.62. The van der Waals surface area contributed by atoms with Crippen LogP contribution in [0.1, 0.15) is 31.1 Å². The fourth-order valence-corrected chi connectivity index (χ4v) is 2.24. The van der Waals surface area contributed by atoms with Crippen LogP contribution < -0.4 is 5.32 Å². The molecule has 1 unspecified atom stereocenters. The first kappa shape index (κ1) is 13.5. The van der Waals surface area contributed by atoms with Crippen molar-refractivity contribution in [2.75, 3.05) is 26.3 Å². The number of nitrogens with one attached hydrogen (secondary N) is 1. The molecule has 0 aromatic heterocycles. The lowest BCUT2D eigenvalue weighted by Crippen LogP contribution is -2.36. The maximum Gasteiger partial charge on any atom is 0.0952 e. The Hall–Kier alpha value is -0.900. The zero-order chi connectivity index (χ0) is 13.0. The maximum absolute atomic E-state index is 9.22. The highest BCUT2D eigenvalue weighted by molar-refractivity contribution is 5.31. The normalized spacial score (nSPS) is 19.6. The van der Waals surface area contributed by atoms with Gasteiger partial charge in [0.1, 0.15) is 0 Å². The lowest BCUT2D eigenvalue weighted by Gasteiger charge is -2.28. The van der Waals surface area contributed by atoms with Crippen LogP contribution in [-0.2, 0) is 11.2 Å². The second-order valence-corrected chi connectivity index (χ2v) is 5.76. The predicted molar refractivity (Wildman–Crippen MR) is 72.6 cm³/mol. The highest BCUT2D eigenvalue weighted by Gasteiger charge is 2.21. The number of ether oxygens (including phenoxy) is 1. The van der Waals surface area contributed by atoms with Crippen LogP contribution in [-0.4, -0.2) is 31.4 Å². The van der Waals surface area contributed by atoms with Crippen LogP contribution in [0, 0.1) is 5.41 Å². The van der Waals surface area contributed by atoms with Crippen molar-refractivity contribution in [2.45, 2.75) is 26.4 Å². The Morgan fingerprint density at radius 1 is 1.39 bits per heavy atom. The van der Waals surface area contributed by atoms with Crippen molar-refractivity contribution in [3.63, 3.8) is 0 Å². The summed E-state index contributed by atoms with van der Waals surface area (Å²) in [5.41, 5.74) is 2.63. The molecule has 2 rings (SSSR count). The molecule has 0 aliphatic carbocycles. The van der Waals surface area contributed by atoms with Crippen molar-refractivity contribution in [1.82, 2.24) is 5.32 Å². The van der Waals surface area contributed by atoms with Gasteiger partial charge in [-0.1, -0.05) is 38.1 Å². The van der Waals surface area contributed by atoms with Gasteiger partial charge in [0, 0.05) is 25.1 Å². The van der Waals surface area contributed by atoms with Gasteiger partial charge in [-0.2, -0.15) is 0 Å². The molecule has 0 bridgehead atoms. The summed E-state index contributed by atoms with van der Waals surface area (Å²) in [7, 11) is 0. The maximum atomic E-state index is 9.22. The van der Waals surface area contributed by atoms with Gasteiger partial charge in [-0.25, -0.2) is 0 Å². The lowest BCUT2D eigenvalue weighted by molar-refractivity contribution is 0.0395. The molecule has 0 spiro atoms. The molecule has 18 heavy (non-hydrogen) atoms. The summed E-state index contributed by atoms with van der Waals surface area (Å²) in [4.78, 5) is 0. The Kier molecular flexibility index (Phi) is 4.38. The van der Waals surface area contributed by atoms with E-state index in [0.717, 1.165) is 26.1 Å². The minimum Gasteiger partial charge on any atom is -0.396 e. The first-order valence-electron chi connectivity index (χ1n) is 6.63. The van der Waals surface area contributed by atoms with E-state index in [1.54, 1.807) is 0 Å². The molecule has 1 aliphatic heterocycles. The van der Waals surface area contributed by atoms with Gasteiger partial charge in [-0.05, 0) is 17.5 Å². The summed E-state index contributed by atoms with van der Waals surface area (Å²) >= 11 is 0. The molecule has 100 valence electrons. The largest absolute Gasteiger partial charge is 0.396 e. The molecule has 3 heteroatoms. The lowest BCUT2D eigenvalue weighted by atomic mass is 9.94. The molecule has 0 fully saturated rings. The van der Waals surface area contributed by atoms with E-state index in [1.165, 1.54) is 11.1 Å². The van der Waals surface area contributed by atoms with Gasteiger partial charge in [0.05, 0.1) is 12.7 Å². The van der Waals surface area contributed by atoms with Crippen LogP contribution in [0.2, 0.25) is 0 Å². The van der Waals surface area contributed by atoms with E-state index in [0.29, 0.717) is 0 Å². The molecule has 0 saturated carbocycles. The first-order valence-corrected chi connectivity index (χ1v) is 6.63. The van der Waals surface area contributed by atoms with Crippen LogP contribution >= 0.6 is 0 Å². The second-order valence-electron chi connectivity index (χ2n) is 5.76. The van der Waals surface area contributed by atoms with Gasteiger partial charge in [-0.3, -0.25) is 0 Å². The molecular formula is C15H23NO2. The highest BCUT2D eigenvalue weighted by Crippen LogP contribution is 2.26. The fourth-order valence-electron chi connectivity index (χ4n) is 2.24. The van der Waals surface area contributed by atoms with Crippen molar-refractivity contribution in [3.05, 3.63) is 35.4 Å². The number of benzene rings is 1. The second kappa shape index (κ2) is 5.83. The predicted octanol–water partition coefficient (Wildman–Crippen LogP) is 1.91. The molecule has 1 aliphatic rings. The summed E-state index contributed by atoms with van der Waals surface area (Å²) in [6, 6.07) is 8.49. The zero-order valence-corrected chi connectivity index (χ0v) is 11.3. The quantitative estimate of drug-likeness (QED) is 0.837. The average molecular weight is 249 g/mol. The van der Waals surface area contributed by atoms with E-state index >= 15 is 0 Å². The van der Waals surface area contributed by atoms with Crippen molar-refractivity contribution < 1.29 is 9.84 Å². The van der Waals surface area contributed by atoms with Crippen LogP contribution in [0.4, 0.5) is 0 Å². The zero-order valence-electron chi connectivity index (χ0n) is 11.3. The smallest absolute Gasteiger partial charge is 0.0952 e. The summed E-state index contributed by atoms with van der Waals surface area (Å²) in [6.07, 6.45) is 1.15. The molecule has 0 radical (unpaired) electrons. The molecule has 1 aromatic carbocycles. The summed E-state index contributed by atoms with van der Waals surface area (Å²) in [5.74, 6) is 0. The van der Waals surface area contributed by atoms with Gasteiger partial charge in [0.25, 0.3) is 0 Å². The van der Waals surface area contributed by atoms with Crippen molar-refractivity contribution in [2.24, 2.45) is 5.41 Å². The third-order valence-electron chi connectivity index (χ3n) is 3.45. The highest BCUT2D eigenvalue weighted by atomic mass is 16.5. The monoisotopic (exact) mass is 249 g/mol. The molecular weight excluding hydrogens is 226 g/mol. The van der Waals surface area contributed by atoms with E-state index in [1.807, 2.05) is 0 Å². The molecule has 1 atom stereocenters. The molecule has 0 amide bonds. The summed E-state index contributed by atoms with van der Waals surface area (Å²) in [6.45, 7) is 6.70. The van der Waals surface area contributed by atoms with Gasteiger partial charge >= 0.3 is 0 Å². The Morgan fingerprint density at radius 2 is 2.17 bits per heavy atom. The van der Waals surface area contributed by atoms with Crippen LogP contribution in [0.25, 0.3) is 0 Å². The van der Waals surface area contributed by atoms with E-state index in [2.05, 4.69) is 43.4 Å². The van der Waals surface area contributed by atoms with E-state index in [4.69, 9.17) is 4.74 Å². The third kappa shape index (κ3) is 3.31. The Morgan fingerprint density at radius 3 is 2.94 bits per heavy atom. The number of hydrogen-bond donors (Lipinski definition) is 2. The summed E-state index contributed by atoms with van der Waals surface area (Å²) in [5, 5.41) is 12.6. The number of fused-ring (bicyclic) bond motifs is 1. The minimum atomic E-state index is -0.0752. The van der Waals surface area contributed by atoms with E-state index in [9.17, 15) is 5.11 Å². The van der Waals surface area contributed by atoms with Gasteiger partial charge in [-0.15, -0.1) is 0 Å². The topological polar surface area (TPSA) is 41.5 Å². The average Bonchev–Trinajstić information content (AvgIpc) is 2.39. The summed E-state index contributed by atoms with van der Waals surface area (Å²) < 4.78 is 5.83. The Labute approximate surface area is 109 Å². The van der Waals surface area contributed by atoms with Crippen LogP contribution in [0.3, 0.4) is 0 Å². The molecule has 3 nitrogen and oxygen atoms in total. The van der Waals surface area contributed by atoms with Crippen molar-refractivity contribution >= 4 is 0 Å². The van der Waals surface area contributed by atoms with Gasteiger partial charge in [0.15, 0.2) is 0 Å². The minimum absolute atomic E-state index is 0.0752. The third-order valence-corrected chi connectivity index (χ3v) is 3.45. The number of aliphatic hydroxyl groups is 1. The molecule has 1 aromatic rings. The number of rotatable bonds is 5. The molecule has 1 heterocycles.